The number of benzene rings is 1. The molecule has 0 bridgehead atoms. The summed E-state index contributed by atoms with van der Waals surface area (Å²) in [6.45, 7) is 4.92. The molecule has 0 unspecified atom stereocenters. The highest BCUT2D eigenvalue weighted by atomic mass is 35.5. The lowest BCUT2D eigenvalue weighted by molar-refractivity contribution is -0.131. The van der Waals surface area contributed by atoms with Crippen LogP contribution in [0.2, 0.25) is 5.02 Å². The molecule has 0 aliphatic heterocycles. The van der Waals surface area contributed by atoms with Gasteiger partial charge in [0.05, 0.1) is 0 Å². The van der Waals surface area contributed by atoms with E-state index in [2.05, 4.69) is 5.32 Å². The Labute approximate surface area is 127 Å². The molecular weight excluding hydrogens is 309 g/mol. The minimum Gasteiger partial charge on any atom is -0.323 e. The molecule has 0 atom stereocenters. The van der Waals surface area contributed by atoms with E-state index in [1.807, 2.05) is 0 Å². The molecule has 0 saturated heterocycles. The highest BCUT2D eigenvalue weighted by Crippen LogP contribution is 2.33. The van der Waals surface area contributed by atoms with Crippen LogP contribution in [0.1, 0.15) is 20.8 Å². The largest absolute Gasteiger partial charge is 0.323 e. The fraction of sp³-hybridized carbons (Fsp3) is 0.385. The highest BCUT2D eigenvalue weighted by molar-refractivity contribution is 6.69. The molecule has 0 fully saturated rings. The van der Waals surface area contributed by atoms with E-state index < -0.39 is 21.4 Å². The molecule has 6 heteroatoms. The molecule has 1 aromatic carbocycles. The van der Waals surface area contributed by atoms with Crippen LogP contribution in [0.3, 0.4) is 0 Å². The molecule has 0 heterocycles. The Kier molecular flexibility index (Phi) is 4.88. The third-order valence-corrected chi connectivity index (χ3v) is 3.26. The Morgan fingerprint density at radius 1 is 1.16 bits per heavy atom. The number of anilines is 1. The molecule has 0 radical (unpaired) electrons. The first kappa shape index (κ1) is 16.3. The van der Waals surface area contributed by atoms with Crippen LogP contribution in [-0.4, -0.2) is 16.0 Å². The molecule has 1 aromatic rings. The second-order valence-electron chi connectivity index (χ2n) is 5.12. The molecule has 0 aliphatic rings. The Balaban J connectivity index is 2.91. The number of ketones is 1. The van der Waals surface area contributed by atoms with Crippen LogP contribution in [0.15, 0.2) is 24.3 Å². The fourth-order valence-corrected chi connectivity index (χ4v) is 2.20. The Hall–Kier alpha value is -0.770. The Morgan fingerprint density at radius 3 is 2.21 bits per heavy atom. The predicted octanol–water partition coefficient (Wildman–Crippen LogP) is 4.07. The lowest BCUT2D eigenvalue weighted by atomic mass is 9.88. The quantitative estimate of drug-likeness (QED) is 0.673. The van der Waals surface area contributed by atoms with Crippen molar-refractivity contribution < 1.29 is 9.59 Å². The van der Waals surface area contributed by atoms with E-state index in [4.69, 9.17) is 34.8 Å². The molecule has 3 nitrogen and oxygen atoms in total. The maximum atomic E-state index is 12.0. The predicted molar refractivity (Wildman–Crippen MR) is 79.0 cm³/mol. The van der Waals surface area contributed by atoms with Gasteiger partial charge in [0, 0.05) is 16.1 Å². The van der Waals surface area contributed by atoms with Crippen molar-refractivity contribution in [3.8, 4) is 0 Å². The summed E-state index contributed by atoms with van der Waals surface area (Å²) < 4.78 is -2.14. The molecule has 1 N–H and O–H groups in total. The lowest BCUT2D eigenvalue weighted by Gasteiger charge is -2.25. The van der Waals surface area contributed by atoms with Crippen LogP contribution < -0.4 is 5.32 Å². The van der Waals surface area contributed by atoms with Gasteiger partial charge in [0.25, 0.3) is 10.2 Å². The standard InChI is InChI=1S/C13H14Cl3NO2/c1-12(2,3)10(18)13(15,16)11(19)17-9-6-4-5-8(14)7-9/h4-7H,1-3H3,(H,17,19). The van der Waals surface area contributed by atoms with Gasteiger partial charge in [0.1, 0.15) is 0 Å². The molecule has 1 amide bonds. The van der Waals surface area contributed by atoms with Crippen LogP contribution in [0.25, 0.3) is 0 Å². The Bertz CT molecular complexity index is 507. The van der Waals surface area contributed by atoms with E-state index in [0.717, 1.165) is 0 Å². The summed E-state index contributed by atoms with van der Waals surface area (Å²) in [6, 6.07) is 6.47. The van der Waals surface area contributed by atoms with Gasteiger partial charge in [0.2, 0.25) is 0 Å². The molecule has 0 aromatic heterocycles. The van der Waals surface area contributed by atoms with Crippen molar-refractivity contribution in [1.82, 2.24) is 0 Å². The van der Waals surface area contributed by atoms with Crippen molar-refractivity contribution in [2.24, 2.45) is 5.41 Å². The molecule has 0 spiro atoms. The molecule has 1 rings (SSSR count). The highest BCUT2D eigenvalue weighted by Gasteiger charge is 2.47. The summed E-state index contributed by atoms with van der Waals surface area (Å²) in [6.07, 6.45) is 0. The van der Waals surface area contributed by atoms with Crippen molar-refractivity contribution in [2.75, 3.05) is 5.32 Å². The summed E-state index contributed by atoms with van der Waals surface area (Å²) in [7, 11) is 0. The van der Waals surface area contributed by atoms with Gasteiger partial charge in [-0.15, -0.1) is 0 Å². The SMILES string of the molecule is CC(C)(C)C(=O)C(Cl)(Cl)C(=O)Nc1cccc(Cl)c1. The second kappa shape index (κ2) is 5.70. The zero-order chi connectivity index (χ0) is 14.8. The molecule has 19 heavy (non-hydrogen) atoms. The van der Waals surface area contributed by atoms with Gasteiger partial charge in [-0.2, -0.15) is 0 Å². The minimum absolute atomic E-state index is 0.421. The van der Waals surface area contributed by atoms with E-state index in [0.29, 0.717) is 10.7 Å². The van der Waals surface area contributed by atoms with Gasteiger partial charge in [0.15, 0.2) is 5.78 Å². The number of carbonyl (C=O) groups excluding carboxylic acids is 2. The summed E-state index contributed by atoms with van der Waals surface area (Å²) in [4.78, 5) is 24.0. The lowest BCUT2D eigenvalue weighted by Crippen LogP contribution is -2.45. The van der Waals surface area contributed by atoms with Gasteiger partial charge >= 0.3 is 0 Å². The third kappa shape index (κ3) is 4.10. The number of hydrogen-bond donors (Lipinski definition) is 1. The maximum absolute atomic E-state index is 12.0. The topological polar surface area (TPSA) is 46.2 Å². The number of carbonyl (C=O) groups is 2. The van der Waals surface area contributed by atoms with Gasteiger partial charge < -0.3 is 5.32 Å². The first-order valence-corrected chi connectivity index (χ1v) is 6.68. The van der Waals surface area contributed by atoms with Crippen LogP contribution in [0.5, 0.6) is 0 Å². The van der Waals surface area contributed by atoms with Crippen molar-refractivity contribution in [2.45, 2.75) is 25.1 Å². The summed E-state index contributed by atoms with van der Waals surface area (Å²) >= 11 is 17.6. The van der Waals surface area contributed by atoms with Gasteiger partial charge in [-0.25, -0.2) is 0 Å². The monoisotopic (exact) mass is 321 g/mol. The van der Waals surface area contributed by atoms with E-state index >= 15 is 0 Å². The zero-order valence-electron chi connectivity index (χ0n) is 10.8. The van der Waals surface area contributed by atoms with Crippen LogP contribution in [0.4, 0.5) is 5.69 Å². The maximum Gasteiger partial charge on any atom is 0.268 e. The number of amides is 1. The Morgan fingerprint density at radius 2 is 1.74 bits per heavy atom. The molecule has 0 saturated carbocycles. The average Bonchev–Trinajstić information content (AvgIpc) is 2.26. The van der Waals surface area contributed by atoms with Crippen molar-refractivity contribution >= 4 is 52.2 Å². The number of nitrogens with one attached hydrogen (secondary N) is 1. The van der Waals surface area contributed by atoms with Crippen LogP contribution >= 0.6 is 34.8 Å². The minimum atomic E-state index is -2.14. The number of rotatable bonds is 3. The van der Waals surface area contributed by atoms with Crippen LogP contribution in [0, 0.1) is 5.41 Å². The summed E-state index contributed by atoms with van der Waals surface area (Å²) in [5.41, 5.74) is -0.403. The number of Topliss-reactive ketones (excluding diaryl/α,β-unsaturated/α-hetero) is 1. The number of hydrogen-bond acceptors (Lipinski definition) is 2. The first-order chi connectivity index (χ1) is 8.55. The fourth-order valence-electron chi connectivity index (χ4n) is 1.35. The second-order valence-corrected chi connectivity index (χ2v) is 6.88. The van der Waals surface area contributed by atoms with Crippen molar-refractivity contribution in [3.63, 3.8) is 0 Å². The average molecular weight is 323 g/mol. The molecule has 0 aliphatic carbocycles. The molecule has 104 valence electrons. The number of halogens is 3. The van der Waals surface area contributed by atoms with E-state index in [1.165, 1.54) is 6.07 Å². The van der Waals surface area contributed by atoms with Gasteiger partial charge in [-0.05, 0) is 18.2 Å². The summed E-state index contributed by atoms with van der Waals surface area (Å²) in [5, 5.41) is 2.92. The van der Waals surface area contributed by atoms with Gasteiger partial charge in [-0.3, -0.25) is 9.59 Å². The molecular formula is C13H14Cl3NO2. The summed E-state index contributed by atoms with van der Waals surface area (Å²) in [5.74, 6) is -1.36. The van der Waals surface area contributed by atoms with Crippen LogP contribution in [-0.2, 0) is 9.59 Å². The van der Waals surface area contributed by atoms with Gasteiger partial charge in [-0.1, -0.05) is 61.6 Å². The van der Waals surface area contributed by atoms with E-state index in [-0.39, 0.29) is 0 Å². The van der Waals surface area contributed by atoms with Crippen molar-refractivity contribution in [3.05, 3.63) is 29.3 Å². The third-order valence-electron chi connectivity index (χ3n) is 2.33. The zero-order valence-corrected chi connectivity index (χ0v) is 13.0. The number of alkyl halides is 2. The smallest absolute Gasteiger partial charge is 0.268 e. The van der Waals surface area contributed by atoms with E-state index in [9.17, 15) is 9.59 Å². The van der Waals surface area contributed by atoms with E-state index in [1.54, 1.807) is 39.0 Å². The first-order valence-electron chi connectivity index (χ1n) is 5.55. The normalized spacial score (nSPS) is 12.1. The van der Waals surface area contributed by atoms with Crippen molar-refractivity contribution in [1.29, 1.82) is 0 Å².